The van der Waals surface area contributed by atoms with E-state index in [2.05, 4.69) is 5.32 Å². The molecule has 0 bridgehead atoms. The number of hydrogen-bond acceptors (Lipinski definition) is 3. The zero-order valence-corrected chi connectivity index (χ0v) is 10.8. The SMILES string of the molecule is CCOC[C@H]1CCCN(C(=O)[C@@H]2CCCN2)C1. The summed E-state index contributed by atoms with van der Waals surface area (Å²) in [4.78, 5) is 14.3. The quantitative estimate of drug-likeness (QED) is 0.797. The molecular weight excluding hydrogens is 216 g/mol. The fraction of sp³-hybridized carbons (Fsp3) is 0.923. The van der Waals surface area contributed by atoms with Crippen LogP contribution in [-0.2, 0) is 9.53 Å². The first kappa shape index (κ1) is 12.8. The fourth-order valence-corrected chi connectivity index (χ4v) is 2.80. The van der Waals surface area contributed by atoms with Gasteiger partial charge in [-0.3, -0.25) is 4.79 Å². The smallest absolute Gasteiger partial charge is 0.239 e. The molecule has 2 fully saturated rings. The van der Waals surface area contributed by atoms with Crippen molar-refractivity contribution >= 4 is 5.91 Å². The van der Waals surface area contributed by atoms with Crippen molar-refractivity contribution in [2.24, 2.45) is 5.92 Å². The van der Waals surface area contributed by atoms with Crippen LogP contribution in [0.15, 0.2) is 0 Å². The second-order valence-electron chi connectivity index (χ2n) is 5.10. The van der Waals surface area contributed by atoms with Crippen LogP contribution in [0.5, 0.6) is 0 Å². The van der Waals surface area contributed by atoms with E-state index in [0.29, 0.717) is 11.8 Å². The Morgan fingerprint density at radius 2 is 2.29 bits per heavy atom. The Labute approximate surface area is 104 Å². The van der Waals surface area contributed by atoms with Gasteiger partial charge in [-0.1, -0.05) is 0 Å². The number of nitrogens with one attached hydrogen (secondary N) is 1. The molecule has 17 heavy (non-hydrogen) atoms. The molecule has 0 aromatic heterocycles. The van der Waals surface area contributed by atoms with Gasteiger partial charge in [0.05, 0.1) is 12.6 Å². The molecule has 0 aromatic carbocycles. The summed E-state index contributed by atoms with van der Waals surface area (Å²) in [5.41, 5.74) is 0. The van der Waals surface area contributed by atoms with Gasteiger partial charge in [-0.05, 0) is 45.1 Å². The first-order valence-electron chi connectivity index (χ1n) is 6.91. The average molecular weight is 240 g/mol. The van der Waals surface area contributed by atoms with Gasteiger partial charge >= 0.3 is 0 Å². The molecule has 2 aliphatic heterocycles. The third kappa shape index (κ3) is 3.42. The van der Waals surface area contributed by atoms with Crippen molar-refractivity contribution in [1.82, 2.24) is 10.2 Å². The minimum Gasteiger partial charge on any atom is -0.381 e. The highest BCUT2D eigenvalue weighted by molar-refractivity contribution is 5.82. The van der Waals surface area contributed by atoms with Gasteiger partial charge in [-0.2, -0.15) is 0 Å². The zero-order valence-electron chi connectivity index (χ0n) is 10.8. The predicted octanol–water partition coefficient (Wildman–Crippen LogP) is 1.01. The van der Waals surface area contributed by atoms with E-state index in [9.17, 15) is 4.79 Å². The highest BCUT2D eigenvalue weighted by Crippen LogP contribution is 2.19. The summed E-state index contributed by atoms with van der Waals surface area (Å²) < 4.78 is 5.47. The Bertz CT molecular complexity index is 252. The number of carbonyl (C=O) groups excluding carboxylic acids is 1. The maximum atomic E-state index is 12.2. The Balaban J connectivity index is 1.81. The summed E-state index contributed by atoms with van der Waals surface area (Å²) in [6.07, 6.45) is 4.45. The van der Waals surface area contributed by atoms with Crippen LogP contribution in [0.4, 0.5) is 0 Å². The molecule has 4 nitrogen and oxygen atoms in total. The van der Waals surface area contributed by atoms with Gasteiger partial charge in [0.1, 0.15) is 0 Å². The van der Waals surface area contributed by atoms with Gasteiger partial charge in [-0.25, -0.2) is 0 Å². The standard InChI is InChI=1S/C13H24N2O2/c1-2-17-10-11-5-4-8-15(9-11)13(16)12-6-3-7-14-12/h11-12,14H,2-10H2,1H3/t11-,12-/m0/s1. The molecule has 0 saturated carbocycles. The molecule has 2 atom stereocenters. The Kier molecular flexibility index (Phi) is 4.80. The monoisotopic (exact) mass is 240 g/mol. The predicted molar refractivity (Wildman–Crippen MR) is 66.8 cm³/mol. The maximum absolute atomic E-state index is 12.2. The van der Waals surface area contributed by atoms with Crippen molar-refractivity contribution in [1.29, 1.82) is 0 Å². The molecular formula is C13H24N2O2. The number of rotatable bonds is 4. The number of ether oxygens (including phenoxy) is 1. The van der Waals surface area contributed by atoms with E-state index >= 15 is 0 Å². The lowest BCUT2D eigenvalue weighted by Gasteiger charge is -2.34. The van der Waals surface area contributed by atoms with E-state index in [0.717, 1.165) is 52.1 Å². The van der Waals surface area contributed by atoms with Crippen molar-refractivity contribution in [3.63, 3.8) is 0 Å². The third-order valence-electron chi connectivity index (χ3n) is 3.75. The van der Waals surface area contributed by atoms with E-state index in [-0.39, 0.29) is 6.04 Å². The molecule has 2 aliphatic rings. The Morgan fingerprint density at radius 3 is 3.00 bits per heavy atom. The minimum absolute atomic E-state index is 0.0841. The number of hydrogen-bond donors (Lipinski definition) is 1. The van der Waals surface area contributed by atoms with Crippen LogP contribution in [0.3, 0.4) is 0 Å². The van der Waals surface area contributed by atoms with E-state index in [1.807, 2.05) is 11.8 Å². The normalized spacial score (nSPS) is 29.6. The molecule has 2 heterocycles. The number of amides is 1. The van der Waals surface area contributed by atoms with Crippen LogP contribution < -0.4 is 5.32 Å². The van der Waals surface area contributed by atoms with Crippen molar-refractivity contribution in [2.75, 3.05) is 32.8 Å². The summed E-state index contributed by atoms with van der Waals surface area (Å²) >= 11 is 0. The topological polar surface area (TPSA) is 41.6 Å². The van der Waals surface area contributed by atoms with E-state index in [4.69, 9.17) is 4.74 Å². The van der Waals surface area contributed by atoms with Crippen molar-refractivity contribution < 1.29 is 9.53 Å². The number of piperidine rings is 1. The molecule has 0 aromatic rings. The second-order valence-corrected chi connectivity index (χ2v) is 5.10. The van der Waals surface area contributed by atoms with Gasteiger partial charge in [0, 0.05) is 19.7 Å². The molecule has 4 heteroatoms. The average Bonchev–Trinajstić information content (AvgIpc) is 2.89. The first-order valence-corrected chi connectivity index (χ1v) is 6.91. The van der Waals surface area contributed by atoms with Crippen LogP contribution in [-0.4, -0.2) is 49.7 Å². The molecule has 0 radical (unpaired) electrons. The molecule has 0 spiro atoms. The number of nitrogens with zero attached hydrogens (tertiary/aromatic N) is 1. The largest absolute Gasteiger partial charge is 0.381 e. The van der Waals surface area contributed by atoms with Crippen LogP contribution in [0, 0.1) is 5.92 Å². The molecule has 1 N–H and O–H groups in total. The van der Waals surface area contributed by atoms with Gasteiger partial charge in [0.15, 0.2) is 0 Å². The summed E-state index contributed by atoms with van der Waals surface area (Å²) in [6.45, 7) is 6.41. The third-order valence-corrected chi connectivity index (χ3v) is 3.75. The molecule has 1 amide bonds. The van der Waals surface area contributed by atoms with Crippen molar-refractivity contribution in [3.05, 3.63) is 0 Å². The first-order chi connectivity index (χ1) is 8.31. The highest BCUT2D eigenvalue weighted by atomic mass is 16.5. The molecule has 0 aliphatic carbocycles. The van der Waals surface area contributed by atoms with Crippen LogP contribution in [0.25, 0.3) is 0 Å². The lowest BCUT2D eigenvalue weighted by Crippen LogP contribution is -2.48. The van der Waals surface area contributed by atoms with E-state index in [1.54, 1.807) is 0 Å². The Morgan fingerprint density at radius 1 is 1.41 bits per heavy atom. The molecule has 0 unspecified atom stereocenters. The summed E-state index contributed by atoms with van der Waals surface area (Å²) in [7, 11) is 0. The number of carbonyl (C=O) groups is 1. The van der Waals surface area contributed by atoms with Gasteiger partial charge in [0.2, 0.25) is 5.91 Å². The molecule has 2 rings (SSSR count). The van der Waals surface area contributed by atoms with Crippen LogP contribution in [0.1, 0.15) is 32.6 Å². The van der Waals surface area contributed by atoms with E-state index in [1.165, 1.54) is 6.42 Å². The number of likely N-dealkylation sites (tertiary alicyclic amines) is 1. The molecule has 98 valence electrons. The maximum Gasteiger partial charge on any atom is 0.239 e. The van der Waals surface area contributed by atoms with Gasteiger partial charge < -0.3 is 15.0 Å². The second kappa shape index (κ2) is 6.36. The van der Waals surface area contributed by atoms with Crippen LogP contribution >= 0.6 is 0 Å². The van der Waals surface area contributed by atoms with E-state index < -0.39 is 0 Å². The van der Waals surface area contributed by atoms with Gasteiger partial charge in [0.25, 0.3) is 0 Å². The Hall–Kier alpha value is -0.610. The summed E-state index contributed by atoms with van der Waals surface area (Å²) in [5.74, 6) is 0.845. The molecule has 2 saturated heterocycles. The summed E-state index contributed by atoms with van der Waals surface area (Å²) in [6, 6.07) is 0.0841. The highest BCUT2D eigenvalue weighted by Gasteiger charge is 2.30. The lowest BCUT2D eigenvalue weighted by atomic mass is 9.98. The fourth-order valence-electron chi connectivity index (χ4n) is 2.80. The minimum atomic E-state index is 0.0841. The summed E-state index contributed by atoms with van der Waals surface area (Å²) in [5, 5.41) is 3.29. The van der Waals surface area contributed by atoms with Gasteiger partial charge in [-0.15, -0.1) is 0 Å². The zero-order chi connectivity index (χ0) is 12.1. The van der Waals surface area contributed by atoms with Crippen molar-refractivity contribution in [3.8, 4) is 0 Å². The van der Waals surface area contributed by atoms with Crippen molar-refractivity contribution in [2.45, 2.75) is 38.6 Å². The van der Waals surface area contributed by atoms with Crippen LogP contribution in [0.2, 0.25) is 0 Å². The lowest BCUT2D eigenvalue weighted by molar-refractivity contribution is -0.135.